The molecule has 57 heavy (non-hydrogen) atoms. The zero-order valence-corrected chi connectivity index (χ0v) is 39.2. The lowest BCUT2D eigenvalue weighted by Crippen LogP contribution is -2.60. The Balaban J connectivity index is 2.41. The Morgan fingerprint density at radius 2 is 0.737 bits per heavy atom. The van der Waals surface area contributed by atoms with Gasteiger partial charge in [0.2, 0.25) is 0 Å². The standard InChI is InChI=1S/C49H98O8/c1-36(2)17-11-19-38(5)21-13-23-40(7)25-15-27-42(9)29-31-54-34-44(56-49-48(53)47(52)46(51)45(33-50)57-49)35-55-32-30-43(10)28-16-26-41(8)24-14-22-39(6)20-12-18-37(3)4/h36-53H,11-35H2,1-10H3/t38?,39?,40?,41?,42?,43?,44?,45-,46-,47+,48-,49-/m1/s1. The van der Waals surface area contributed by atoms with Crippen molar-refractivity contribution in [2.24, 2.45) is 47.3 Å². The highest BCUT2D eigenvalue weighted by molar-refractivity contribution is 4.89. The number of aliphatic hydroxyl groups excluding tert-OH is 4. The molecule has 4 N–H and O–H groups in total. The van der Waals surface area contributed by atoms with Gasteiger partial charge in [0.05, 0.1) is 19.8 Å². The van der Waals surface area contributed by atoms with E-state index in [-0.39, 0.29) is 13.2 Å². The summed E-state index contributed by atoms with van der Waals surface area (Å²) in [6, 6.07) is 0. The summed E-state index contributed by atoms with van der Waals surface area (Å²) < 4.78 is 24.0. The predicted molar refractivity (Wildman–Crippen MR) is 237 cm³/mol. The molecule has 0 saturated carbocycles. The molecule has 11 atom stereocenters. The molecule has 1 aliphatic heterocycles. The minimum absolute atomic E-state index is 0.263. The van der Waals surface area contributed by atoms with Gasteiger partial charge in [0.15, 0.2) is 6.29 Å². The van der Waals surface area contributed by atoms with Gasteiger partial charge in [0, 0.05) is 13.2 Å². The second-order valence-corrected chi connectivity index (χ2v) is 20.2. The van der Waals surface area contributed by atoms with E-state index in [1.54, 1.807) is 0 Å². The Morgan fingerprint density at radius 1 is 0.421 bits per heavy atom. The normalized spacial score (nSPS) is 24.1. The van der Waals surface area contributed by atoms with E-state index in [0.29, 0.717) is 25.0 Å². The van der Waals surface area contributed by atoms with Crippen LogP contribution in [0.4, 0.5) is 0 Å². The molecule has 0 bridgehead atoms. The summed E-state index contributed by atoms with van der Waals surface area (Å²) in [5.74, 6) is 6.02. The highest BCUT2D eigenvalue weighted by atomic mass is 16.7. The first-order chi connectivity index (χ1) is 27.1. The van der Waals surface area contributed by atoms with Crippen LogP contribution < -0.4 is 0 Å². The van der Waals surface area contributed by atoms with E-state index < -0.39 is 43.4 Å². The molecule has 0 amide bonds. The molecule has 1 heterocycles. The monoisotopic (exact) mass is 815 g/mol. The maximum atomic E-state index is 10.6. The van der Waals surface area contributed by atoms with Gasteiger partial charge >= 0.3 is 0 Å². The van der Waals surface area contributed by atoms with Gasteiger partial charge < -0.3 is 39.4 Å². The van der Waals surface area contributed by atoms with Crippen molar-refractivity contribution in [3.63, 3.8) is 0 Å². The van der Waals surface area contributed by atoms with Crippen molar-refractivity contribution in [3.05, 3.63) is 0 Å². The van der Waals surface area contributed by atoms with Crippen molar-refractivity contribution >= 4 is 0 Å². The lowest BCUT2D eigenvalue weighted by molar-refractivity contribution is -0.316. The lowest BCUT2D eigenvalue weighted by Gasteiger charge is -2.40. The number of rotatable bonds is 37. The van der Waals surface area contributed by atoms with Crippen molar-refractivity contribution in [2.45, 2.75) is 234 Å². The molecular formula is C49H98O8. The van der Waals surface area contributed by atoms with E-state index in [1.165, 1.54) is 116 Å². The van der Waals surface area contributed by atoms with Crippen LogP contribution in [0.2, 0.25) is 0 Å². The zero-order valence-electron chi connectivity index (χ0n) is 39.2. The minimum Gasteiger partial charge on any atom is -0.394 e. The minimum atomic E-state index is -1.48. The number of aliphatic hydroxyl groups is 4. The molecular weight excluding hydrogens is 717 g/mol. The van der Waals surface area contributed by atoms with Crippen molar-refractivity contribution in [3.8, 4) is 0 Å². The first-order valence-electron chi connectivity index (χ1n) is 24.2. The molecule has 1 aliphatic rings. The van der Waals surface area contributed by atoms with Crippen molar-refractivity contribution < 1.29 is 39.4 Å². The second-order valence-electron chi connectivity index (χ2n) is 20.2. The first kappa shape index (κ1) is 54.7. The molecule has 342 valence electrons. The number of hydrogen-bond acceptors (Lipinski definition) is 8. The summed E-state index contributed by atoms with van der Waals surface area (Å²) in [6.07, 6.45) is 18.5. The highest BCUT2D eigenvalue weighted by Crippen LogP contribution is 2.26. The average Bonchev–Trinajstić information content (AvgIpc) is 3.14. The fourth-order valence-corrected chi connectivity index (χ4v) is 8.37. The topological polar surface area (TPSA) is 118 Å². The maximum Gasteiger partial charge on any atom is 0.187 e. The lowest BCUT2D eigenvalue weighted by atomic mass is 9.91. The van der Waals surface area contributed by atoms with Gasteiger partial charge in [-0.3, -0.25) is 0 Å². The van der Waals surface area contributed by atoms with E-state index in [4.69, 9.17) is 18.9 Å². The summed E-state index contributed by atoms with van der Waals surface area (Å²) in [4.78, 5) is 0. The van der Waals surface area contributed by atoms with Gasteiger partial charge in [-0.2, -0.15) is 0 Å². The van der Waals surface area contributed by atoms with Crippen LogP contribution in [0.1, 0.15) is 198 Å². The maximum absolute atomic E-state index is 10.6. The van der Waals surface area contributed by atoms with Crippen molar-refractivity contribution in [1.82, 2.24) is 0 Å². The Kier molecular flexibility index (Phi) is 32.0. The number of hydrogen-bond donors (Lipinski definition) is 4. The summed E-state index contributed by atoms with van der Waals surface area (Å²) in [7, 11) is 0. The smallest absolute Gasteiger partial charge is 0.187 e. The molecule has 0 radical (unpaired) electrons. The second kappa shape index (κ2) is 33.3. The summed E-state index contributed by atoms with van der Waals surface area (Å²) in [5, 5.41) is 40.8. The van der Waals surface area contributed by atoms with Crippen LogP contribution in [-0.4, -0.2) is 90.3 Å². The third-order valence-electron chi connectivity index (χ3n) is 12.8. The fourth-order valence-electron chi connectivity index (χ4n) is 8.37. The van der Waals surface area contributed by atoms with E-state index in [9.17, 15) is 20.4 Å². The Morgan fingerprint density at radius 3 is 1.05 bits per heavy atom. The van der Waals surface area contributed by atoms with Gasteiger partial charge in [-0.1, -0.05) is 185 Å². The van der Waals surface area contributed by atoms with Gasteiger partial charge in [-0.15, -0.1) is 0 Å². The number of ether oxygens (including phenoxy) is 4. The highest BCUT2D eigenvalue weighted by Gasteiger charge is 2.44. The van der Waals surface area contributed by atoms with Crippen molar-refractivity contribution in [1.29, 1.82) is 0 Å². The summed E-state index contributed by atoms with van der Waals surface area (Å²) in [5.41, 5.74) is 0. The molecule has 1 rings (SSSR count). The zero-order chi connectivity index (χ0) is 42.6. The van der Waals surface area contributed by atoms with E-state index in [2.05, 4.69) is 69.2 Å². The van der Waals surface area contributed by atoms with Crippen LogP contribution in [0.5, 0.6) is 0 Å². The summed E-state index contributed by atoms with van der Waals surface area (Å²) in [6.45, 7) is 24.8. The molecule has 1 fully saturated rings. The molecule has 0 aromatic rings. The predicted octanol–water partition coefficient (Wildman–Crippen LogP) is 11.1. The molecule has 0 aromatic heterocycles. The van der Waals surface area contributed by atoms with Crippen LogP contribution in [-0.2, 0) is 18.9 Å². The third-order valence-corrected chi connectivity index (χ3v) is 12.8. The Hall–Kier alpha value is -0.320. The summed E-state index contributed by atoms with van der Waals surface area (Å²) >= 11 is 0. The molecule has 0 aliphatic carbocycles. The van der Waals surface area contributed by atoms with Gasteiger partial charge in [-0.05, 0) is 60.2 Å². The molecule has 8 heteroatoms. The molecule has 0 spiro atoms. The van der Waals surface area contributed by atoms with Crippen LogP contribution in [0.25, 0.3) is 0 Å². The van der Waals surface area contributed by atoms with E-state index in [1.807, 2.05) is 0 Å². The SMILES string of the molecule is CC(C)CCCC(C)CCCC(C)CCCC(C)CCOCC(COCCC(C)CCCC(C)CCCC(C)CCCC(C)C)O[C@@H]1O[C@H](CO)[C@@H](O)[C@H](O)[C@H]1O. The van der Waals surface area contributed by atoms with Gasteiger partial charge in [0.25, 0.3) is 0 Å². The Bertz CT molecular complexity index is 849. The molecule has 8 nitrogen and oxygen atoms in total. The van der Waals surface area contributed by atoms with Crippen LogP contribution in [0, 0.1) is 47.3 Å². The third kappa shape index (κ3) is 28.0. The Labute approximate surface area is 353 Å². The first-order valence-corrected chi connectivity index (χ1v) is 24.2. The average molecular weight is 815 g/mol. The van der Waals surface area contributed by atoms with E-state index in [0.717, 1.165) is 48.3 Å². The molecule has 0 aromatic carbocycles. The van der Waals surface area contributed by atoms with Gasteiger partial charge in [0.1, 0.15) is 30.5 Å². The van der Waals surface area contributed by atoms with Crippen molar-refractivity contribution in [2.75, 3.05) is 33.0 Å². The molecule has 1 saturated heterocycles. The van der Waals surface area contributed by atoms with Crippen LogP contribution in [0.15, 0.2) is 0 Å². The quantitative estimate of drug-likeness (QED) is 0.0458. The van der Waals surface area contributed by atoms with E-state index >= 15 is 0 Å². The molecule has 6 unspecified atom stereocenters. The van der Waals surface area contributed by atoms with Crippen LogP contribution >= 0.6 is 0 Å². The van der Waals surface area contributed by atoms with Gasteiger partial charge in [-0.25, -0.2) is 0 Å². The fraction of sp³-hybridized carbons (Fsp3) is 1.00. The largest absolute Gasteiger partial charge is 0.394 e. The van der Waals surface area contributed by atoms with Crippen LogP contribution in [0.3, 0.4) is 0 Å².